The minimum Gasteiger partial charge on any atom is -0.475 e. The van der Waals surface area contributed by atoms with Crippen molar-refractivity contribution in [3.8, 4) is 5.75 Å². The lowest BCUT2D eigenvalue weighted by molar-refractivity contribution is -0.385. The lowest BCUT2D eigenvalue weighted by Crippen LogP contribution is -2.17. The molecule has 132 valence electrons. The van der Waals surface area contributed by atoms with Crippen LogP contribution >= 0.6 is 0 Å². The van der Waals surface area contributed by atoms with Gasteiger partial charge in [0.25, 0.3) is 0 Å². The van der Waals surface area contributed by atoms with E-state index in [0.717, 1.165) is 6.07 Å². The normalized spacial score (nSPS) is 11.0. The molecule has 0 aliphatic rings. The monoisotopic (exact) mass is 355 g/mol. The van der Waals surface area contributed by atoms with Crippen LogP contribution in [0.15, 0.2) is 48.5 Å². The predicted octanol–water partition coefficient (Wildman–Crippen LogP) is 3.74. The Balaban J connectivity index is 1.96. The molecule has 0 aliphatic heterocycles. The van der Waals surface area contributed by atoms with Crippen molar-refractivity contribution in [1.82, 2.24) is 0 Å². The number of nitro benzene ring substituents is 1. The van der Waals surface area contributed by atoms with Gasteiger partial charge in [-0.15, -0.1) is 0 Å². The number of nitro groups is 1. The van der Waals surface area contributed by atoms with E-state index in [1.165, 1.54) is 42.5 Å². The highest BCUT2D eigenvalue weighted by Gasteiger charge is 2.33. The molecule has 25 heavy (non-hydrogen) atoms. The van der Waals surface area contributed by atoms with Crippen LogP contribution < -0.4 is 4.74 Å². The van der Waals surface area contributed by atoms with Crippen molar-refractivity contribution >= 4 is 11.7 Å². The minimum absolute atomic E-state index is 0.139. The quantitative estimate of drug-likeness (QED) is 0.448. The Bertz CT molecular complexity index is 776. The van der Waals surface area contributed by atoms with Crippen molar-refractivity contribution in [3.05, 3.63) is 69.8 Å². The molecule has 0 saturated carbocycles. The van der Waals surface area contributed by atoms with Gasteiger partial charge in [-0.2, -0.15) is 13.2 Å². The number of esters is 1. The Hall–Kier alpha value is -3.10. The molecule has 2 rings (SSSR count). The number of para-hydroxylation sites is 2. The van der Waals surface area contributed by atoms with Gasteiger partial charge in [-0.1, -0.05) is 30.3 Å². The van der Waals surface area contributed by atoms with Crippen LogP contribution in [0.25, 0.3) is 0 Å². The van der Waals surface area contributed by atoms with E-state index in [-0.39, 0.29) is 17.0 Å². The number of halogens is 3. The number of rotatable bonds is 6. The third-order valence-corrected chi connectivity index (χ3v) is 3.12. The Morgan fingerprint density at radius 1 is 1.08 bits per heavy atom. The summed E-state index contributed by atoms with van der Waals surface area (Å²) in [7, 11) is 0. The van der Waals surface area contributed by atoms with E-state index >= 15 is 0 Å². The average Bonchev–Trinajstić information content (AvgIpc) is 2.57. The van der Waals surface area contributed by atoms with Crippen LogP contribution in [0, 0.1) is 10.1 Å². The number of carbonyl (C=O) groups is 1. The highest BCUT2D eigenvalue weighted by Crippen LogP contribution is 2.32. The molecular weight excluding hydrogens is 343 g/mol. The minimum atomic E-state index is -4.57. The van der Waals surface area contributed by atoms with Crippen LogP contribution in [0.5, 0.6) is 5.75 Å². The van der Waals surface area contributed by atoms with Crippen molar-refractivity contribution in [2.45, 2.75) is 12.8 Å². The zero-order valence-corrected chi connectivity index (χ0v) is 12.7. The Morgan fingerprint density at radius 2 is 1.72 bits per heavy atom. The van der Waals surface area contributed by atoms with Crippen LogP contribution in [-0.4, -0.2) is 17.5 Å². The Labute approximate surface area is 139 Å². The van der Waals surface area contributed by atoms with Gasteiger partial charge in [0.2, 0.25) is 0 Å². The van der Waals surface area contributed by atoms with E-state index in [9.17, 15) is 28.1 Å². The van der Waals surface area contributed by atoms with Gasteiger partial charge in [-0.25, -0.2) is 4.79 Å². The van der Waals surface area contributed by atoms with Gasteiger partial charge < -0.3 is 9.47 Å². The largest absolute Gasteiger partial charge is 0.475 e. The smallest absolute Gasteiger partial charge is 0.416 e. The summed E-state index contributed by atoms with van der Waals surface area (Å²) in [4.78, 5) is 21.8. The van der Waals surface area contributed by atoms with Crippen molar-refractivity contribution in [2.75, 3.05) is 6.61 Å². The van der Waals surface area contributed by atoms with E-state index < -0.39 is 35.8 Å². The van der Waals surface area contributed by atoms with Gasteiger partial charge in [0, 0.05) is 11.6 Å². The SMILES string of the molecule is O=C(COc1ccccc1[N+](=O)[O-])OCc1ccccc1C(F)(F)F. The summed E-state index contributed by atoms with van der Waals surface area (Å²) in [6.07, 6.45) is -4.57. The third-order valence-electron chi connectivity index (χ3n) is 3.12. The summed E-state index contributed by atoms with van der Waals surface area (Å²) in [5, 5.41) is 10.8. The second-order valence-corrected chi connectivity index (χ2v) is 4.83. The van der Waals surface area contributed by atoms with E-state index in [4.69, 9.17) is 9.47 Å². The lowest BCUT2D eigenvalue weighted by Gasteiger charge is -2.13. The van der Waals surface area contributed by atoms with Gasteiger partial charge in [0.05, 0.1) is 10.5 Å². The fraction of sp³-hybridized carbons (Fsp3) is 0.188. The zero-order valence-electron chi connectivity index (χ0n) is 12.7. The molecule has 0 amide bonds. The van der Waals surface area contributed by atoms with E-state index in [1.807, 2.05) is 0 Å². The first kappa shape index (κ1) is 18.2. The molecule has 0 heterocycles. The van der Waals surface area contributed by atoms with Gasteiger partial charge in [0.15, 0.2) is 12.4 Å². The van der Waals surface area contributed by atoms with Crippen LogP contribution in [0.2, 0.25) is 0 Å². The first-order valence-corrected chi connectivity index (χ1v) is 6.96. The maximum absolute atomic E-state index is 12.8. The molecule has 0 N–H and O–H groups in total. The number of hydrogen-bond acceptors (Lipinski definition) is 5. The van der Waals surface area contributed by atoms with E-state index in [1.54, 1.807) is 0 Å². The number of ether oxygens (including phenoxy) is 2. The molecular formula is C16H12F3NO5. The molecule has 0 aromatic heterocycles. The van der Waals surface area contributed by atoms with E-state index in [0.29, 0.717) is 0 Å². The first-order valence-electron chi connectivity index (χ1n) is 6.96. The molecule has 2 aromatic carbocycles. The maximum atomic E-state index is 12.8. The maximum Gasteiger partial charge on any atom is 0.416 e. The Morgan fingerprint density at radius 3 is 2.40 bits per heavy atom. The van der Waals surface area contributed by atoms with Crippen LogP contribution in [0.1, 0.15) is 11.1 Å². The molecule has 0 atom stereocenters. The third kappa shape index (κ3) is 4.93. The predicted molar refractivity (Wildman–Crippen MR) is 79.8 cm³/mol. The van der Waals surface area contributed by atoms with E-state index in [2.05, 4.69) is 0 Å². The van der Waals surface area contributed by atoms with Gasteiger partial charge >= 0.3 is 17.8 Å². The van der Waals surface area contributed by atoms with Crippen molar-refractivity contribution in [2.24, 2.45) is 0 Å². The number of hydrogen-bond donors (Lipinski definition) is 0. The van der Waals surface area contributed by atoms with Crippen molar-refractivity contribution in [1.29, 1.82) is 0 Å². The lowest BCUT2D eigenvalue weighted by atomic mass is 10.1. The van der Waals surface area contributed by atoms with Crippen LogP contribution in [-0.2, 0) is 22.3 Å². The van der Waals surface area contributed by atoms with Gasteiger partial charge in [0.1, 0.15) is 6.61 Å². The van der Waals surface area contributed by atoms with Crippen LogP contribution in [0.4, 0.5) is 18.9 Å². The van der Waals surface area contributed by atoms with Crippen molar-refractivity contribution < 1.29 is 32.4 Å². The molecule has 0 fully saturated rings. The fourth-order valence-corrected chi connectivity index (χ4v) is 1.99. The Kier molecular flexibility index (Phi) is 5.58. The summed E-state index contributed by atoms with van der Waals surface area (Å²) in [6.45, 7) is -1.26. The molecule has 0 saturated heterocycles. The standard InChI is InChI=1S/C16H12F3NO5/c17-16(18,19)12-6-2-1-5-11(12)9-25-15(21)10-24-14-8-4-3-7-13(14)20(22)23/h1-8H,9-10H2. The summed E-state index contributed by atoms with van der Waals surface area (Å²) in [6, 6.07) is 10.1. The molecule has 0 unspecified atom stereocenters. The molecule has 0 radical (unpaired) electrons. The summed E-state index contributed by atoms with van der Waals surface area (Å²) in [5.74, 6) is -1.09. The number of benzene rings is 2. The summed E-state index contributed by atoms with van der Waals surface area (Å²) in [5.41, 5.74) is -1.44. The molecule has 2 aromatic rings. The summed E-state index contributed by atoms with van der Waals surface area (Å²) >= 11 is 0. The molecule has 0 spiro atoms. The highest BCUT2D eigenvalue weighted by atomic mass is 19.4. The summed E-state index contributed by atoms with van der Waals surface area (Å²) < 4.78 is 48.3. The van der Waals surface area contributed by atoms with Gasteiger partial charge in [-0.3, -0.25) is 10.1 Å². The topological polar surface area (TPSA) is 78.7 Å². The fourth-order valence-electron chi connectivity index (χ4n) is 1.99. The molecule has 6 nitrogen and oxygen atoms in total. The molecule has 9 heteroatoms. The second kappa shape index (κ2) is 7.65. The highest BCUT2D eigenvalue weighted by molar-refractivity contribution is 5.71. The van der Waals surface area contributed by atoms with Gasteiger partial charge in [-0.05, 0) is 12.1 Å². The van der Waals surface area contributed by atoms with Crippen molar-refractivity contribution in [3.63, 3.8) is 0 Å². The molecule has 0 bridgehead atoms. The first-order chi connectivity index (χ1) is 11.8. The van der Waals surface area contributed by atoms with Crippen LogP contribution in [0.3, 0.4) is 0 Å². The number of carbonyl (C=O) groups excluding carboxylic acids is 1. The molecule has 0 aliphatic carbocycles. The number of alkyl halides is 3. The second-order valence-electron chi connectivity index (χ2n) is 4.83. The zero-order chi connectivity index (χ0) is 18.4. The number of nitrogens with zero attached hydrogens (tertiary/aromatic N) is 1. The average molecular weight is 355 g/mol.